The van der Waals surface area contributed by atoms with Gasteiger partial charge in [0.15, 0.2) is 0 Å². The maximum absolute atomic E-state index is 2.48. The average molecular weight is 329 g/mol. The van der Waals surface area contributed by atoms with Crippen molar-refractivity contribution < 1.29 is 0 Å². The van der Waals surface area contributed by atoms with E-state index >= 15 is 0 Å². The summed E-state index contributed by atoms with van der Waals surface area (Å²) in [4.78, 5) is 0. The topological polar surface area (TPSA) is 0 Å². The third-order valence-electron chi connectivity index (χ3n) is 5.97. The van der Waals surface area contributed by atoms with Gasteiger partial charge in [-0.05, 0) is 44.5 Å². The van der Waals surface area contributed by atoms with Gasteiger partial charge in [0.1, 0.15) is 0 Å². The summed E-state index contributed by atoms with van der Waals surface area (Å²) in [6.45, 7) is 0. The highest BCUT2D eigenvalue weighted by Crippen LogP contribution is 2.59. The lowest BCUT2D eigenvalue weighted by molar-refractivity contribution is 0.746. The molecule has 4 aromatic rings. The van der Waals surface area contributed by atoms with Crippen LogP contribution in [0.25, 0.3) is 22.3 Å². The van der Waals surface area contributed by atoms with Gasteiger partial charge >= 0.3 is 0 Å². The van der Waals surface area contributed by atoms with E-state index in [1.54, 1.807) is 0 Å². The first-order valence-electron chi connectivity index (χ1n) is 9.14. The Kier molecular flexibility index (Phi) is 2.69. The fraction of sp³-hybridized carbons (Fsp3) is 0.0385. The first-order valence-corrected chi connectivity index (χ1v) is 9.14. The molecule has 0 atom stereocenters. The smallest absolute Gasteiger partial charge is 0.0544 e. The zero-order chi connectivity index (χ0) is 17.1. The zero-order valence-electron chi connectivity index (χ0n) is 14.3. The molecule has 4 aromatic carbocycles. The predicted molar refractivity (Wildman–Crippen MR) is 107 cm³/mol. The average Bonchev–Trinajstić information content (AvgIpc) is 3.00. The maximum atomic E-state index is 2.48. The molecule has 0 fully saturated rings. The van der Waals surface area contributed by atoms with Crippen molar-refractivity contribution in [3.05, 3.63) is 126 Å². The minimum atomic E-state index is -0.210. The molecule has 0 saturated carbocycles. The highest BCUT2D eigenvalue weighted by Gasteiger charge is 2.47. The molecule has 0 N–H and O–H groups in total. The molecule has 0 aromatic heterocycles. The lowest BCUT2D eigenvalue weighted by atomic mass is 9.63. The fourth-order valence-electron chi connectivity index (χ4n) is 4.96. The predicted octanol–water partition coefficient (Wildman–Crippen LogP) is 6.23. The molecule has 0 bridgehead atoms. The molecule has 2 aliphatic carbocycles. The summed E-state index contributed by atoms with van der Waals surface area (Å²) in [6.07, 6.45) is 2.48. The van der Waals surface area contributed by atoms with Gasteiger partial charge in [-0.1, -0.05) is 97.1 Å². The van der Waals surface area contributed by atoms with Gasteiger partial charge in [0.2, 0.25) is 0 Å². The van der Waals surface area contributed by atoms with E-state index in [1.165, 1.54) is 44.5 Å². The number of hydrogen-bond acceptors (Lipinski definition) is 0. The first-order chi connectivity index (χ1) is 12.9. The Bertz CT molecular complexity index is 1120. The first kappa shape index (κ1) is 14.1. The van der Waals surface area contributed by atoms with Crippen LogP contribution >= 0.6 is 0 Å². The van der Waals surface area contributed by atoms with Crippen molar-refractivity contribution in [2.45, 2.75) is 5.41 Å². The zero-order valence-corrected chi connectivity index (χ0v) is 14.3. The van der Waals surface area contributed by atoms with Crippen molar-refractivity contribution >= 4 is 0 Å². The molecular formula is C26H17. The van der Waals surface area contributed by atoms with E-state index in [2.05, 4.69) is 103 Å². The summed E-state index contributed by atoms with van der Waals surface area (Å²) in [5.41, 5.74) is 10.7. The Morgan fingerprint density at radius 3 is 1.31 bits per heavy atom. The summed E-state index contributed by atoms with van der Waals surface area (Å²) in [7, 11) is 0. The number of rotatable bonds is 0. The van der Waals surface area contributed by atoms with Crippen LogP contribution in [-0.4, -0.2) is 0 Å². The lowest BCUT2D eigenvalue weighted by Crippen LogP contribution is -2.31. The molecule has 0 amide bonds. The summed E-state index contributed by atoms with van der Waals surface area (Å²) in [5, 5.41) is 0. The normalized spacial score (nSPS) is 15.1. The van der Waals surface area contributed by atoms with Gasteiger partial charge < -0.3 is 0 Å². The van der Waals surface area contributed by atoms with Crippen molar-refractivity contribution in [2.75, 3.05) is 0 Å². The second kappa shape index (κ2) is 4.95. The molecule has 0 heterocycles. The van der Waals surface area contributed by atoms with Gasteiger partial charge in [-0.3, -0.25) is 0 Å². The molecule has 26 heavy (non-hydrogen) atoms. The summed E-state index contributed by atoms with van der Waals surface area (Å²) in [6, 6.07) is 35.4. The Balaban J connectivity index is 1.79. The SMILES string of the molecule is [CH]1c2ccccc2-c2ccccc2C12c1ccccc1-c1ccccc12. The van der Waals surface area contributed by atoms with E-state index < -0.39 is 0 Å². The van der Waals surface area contributed by atoms with Crippen LogP contribution in [0.4, 0.5) is 0 Å². The van der Waals surface area contributed by atoms with Gasteiger partial charge in [-0.25, -0.2) is 0 Å². The van der Waals surface area contributed by atoms with E-state index in [0.717, 1.165) is 0 Å². The Hall–Kier alpha value is -3.12. The minimum Gasteiger partial charge on any atom is -0.0619 e. The van der Waals surface area contributed by atoms with Crippen LogP contribution in [0.15, 0.2) is 97.1 Å². The van der Waals surface area contributed by atoms with E-state index in [-0.39, 0.29) is 5.41 Å². The standard InChI is InChI=1S/C26H17/c1-2-10-19-18(9-1)17-26(23-14-6-3-11-20(19)23)24-15-7-4-12-21(24)22-13-5-8-16-25(22)26/h1-17H. The molecule has 0 saturated heterocycles. The van der Waals surface area contributed by atoms with Crippen LogP contribution < -0.4 is 0 Å². The molecule has 121 valence electrons. The third-order valence-corrected chi connectivity index (χ3v) is 5.97. The number of hydrogen-bond donors (Lipinski definition) is 0. The maximum Gasteiger partial charge on any atom is 0.0544 e. The van der Waals surface area contributed by atoms with Crippen LogP contribution in [0.3, 0.4) is 0 Å². The Morgan fingerprint density at radius 1 is 0.385 bits per heavy atom. The molecule has 1 spiro atoms. The second-order valence-electron chi connectivity index (χ2n) is 7.18. The summed E-state index contributed by atoms with van der Waals surface area (Å²) in [5.74, 6) is 0. The van der Waals surface area contributed by atoms with Gasteiger partial charge in [0.25, 0.3) is 0 Å². The highest BCUT2D eigenvalue weighted by molar-refractivity contribution is 5.90. The number of benzene rings is 4. The van der Waals surface area contributed by atoms with Crippen LogP contribution in [0.2, 0.25) is 0 Å². The highest BCUT2D eigenvalue weighted by atomic mass is 14.5. The summed E-state index contributed by atoms with van der Waals surface area (Å²) >= 11 is 0. The fourth-order valence-corrected chi connectivity index (χ4v) is 4.96. The van der Waals surface area contributed by atoms with E-state index in [9.17, 15) is 0 Å². The van der Waals surface area contributed by atoms with Crippen LogP contribution in [-0.2, 0) is 5.41 Å². The second-order valence-corrected chi connectivity index (χ2v) is 7.18. The third kappa shape index (κ3) is 1.60. The number of fused-ring (bicyclic) bond motifs is 9. The van der Waals surface area contributed by atoms with Gasteiger partial charge in [0, 0.05) is 6.42 Å². The summed E-state index contributed by atoms with van der Waals surface area (Å²) < 4.78 is 0. The minimum absolute atomic E-state index is 0.210. The van der Waals surface area contributed by atoms with E-state index in [1.807, 2.05) is 0 Å². The van der Waals surface area contributed by atoms with Crippen LogP contribution in [0, 0.1) is 6.42 Å². The largest absolute Gasteiger partial charge is 0.0619 e. The van der Waals surface area contributed by atoms with Gasteiger partial charge in [-0.15, -0.1) is 0 Å². The van der Waals surface area contributed by atoms with Crippen molar-refractivity contribution in [1.29, 1.82) is 0 Å². The molecule has 0 unspecified atom stereocenters. The molecule has 2 aliphatic rings. The van der Waals surface area contributed by atoms with E-state index in [0.29, 0.717) is 0 Å². The lowest BCUT2D eigenvalue weighted by Gasteiger charge is -2.38. The van der Waals surface area contributed by atoms with Gasteiger partial charge in [0.05, 0.1) is 5.41 Å². The Morgan fingerprint density at radius 2 is 0.769 bits per heavy atom. The van der Waals surface area contributed by atoms with Crippen molar-refractivity contribution in [1.82, 2.24) is 0 Å². The van der Waals surface area contributed by atoms with Crippen molar-refractivity contribution in [3.8, 4) is 22.3 Å². The molecular weight excluding hydrogens is 312 g/mol. The van der Waals surface area contributed by atoms with Crippen molar-refractivity contribution in [3.63, 3.8) is 0 Å². The van der Waals surface area contributed by atoms with Crippen LogP contribution in [0.1, 0.15) is 22.3 Å². The quantitative estimate of drug-likeness (QED) is 0.358. The molecule has 0 heteroatoms. The molecule has 0 nitrogen and oxygen atoms in total. The van der Waals surface area contributed by atoms with Gasteiger partial charge in [-0.2, -0.15) is 0 Å². The molecule has 0 aliphatic heterocycles. The van der Waals surface area contributed by atoms with Crippen LogP contribution in [0.5, 0.6) is 0 Å². The monoisotopic (exact) mass is 329 g/mol. The van der Waals surface area contributed by atoms with E-state index in [4.69, 9.17) is 0 Å². The van der Waals surface area contributed by atoms with Crippen molar-refractivity contribution in [2.24, 2.45) is 0 Å². The molecule has 1 radical (unpaired) electrons. The molecule has 6 rings (SSSR count). The Labute approximate surface area is 153 Å².